The van der Waals surface area contributed by atoms with Gasteiger partial charge in [-0.25, -0.2) is 0 Å². The van der Waals surface area contributed by atoms with Crippen LogP contribution in [-0.4, -0.2) is 84.1 Å². The lowest BCUT2D eigenvalue weighted by Crippen LogP contribution is -2.56. The molecule has 37 heavy (non-hydrogen) atoms. The fourth-order valence-electron chi connectivity index (χ4n) is 5.16. The van der Waals surface area contributed by atoms with E-state index in [0.29, 0.717) is 54.2 Å². The molecule has 10 nitrogen and oxygen atoms in total. The number of Topliss-reactive ketones (excluding diaryl/α,β-unsaturated/α-hetero) is 1. The third-order valence-corrected chi connectivity index (χ3v) is 7.16. The highest BCUT2D eigenvalue weighted by molar-refractivity contribution is 5.96. The number of hydrogen-bond acceptors (Lipinski definition) is 8. The molecule has 2 aliphatic carbocycles. The predicted molar refractivity (Wildman–Crippen MR) is 132 cm³/mol. The Bertz CT molecular complexity index is 1100. The second-order valence-corrected chi connectivity index (χ2v) is 9.95. The minimum atomic E-state index is -1.16. The summed E-state index contributed by atoms with van der Waals surface area (Å²) in [5.74, 6) is -0.386. The summed E-state index contributed by atoms with van der Waals surface area (Å²) in [5.41, 5.74) is 1.16. The zero-order valence-corrected chi connectivity index (χ0v) is 21.1. The average molecular weight is 515 g/mol. The third kappa shape index (κ3) is 5.70. The first-order valence-electron chi connectivity index (χ1n) is 12.7. The smallest absolute Gasteiger partial charge is 0.247 e. The van der Waals surface area contributed by atoms with Crippen molar-refractivity contribution in [3.63, 3.8) is 0 Å². The number of fused-ring (bicyclic) bond motifs is 3. The Labute approximate surface area is 215 Å². The lowest BCUT2D eigenvalue weighted by Gasteiger charge is -2.41. The summed E-state index contributed by atoms with van der Waals surface area (Å²) in [6, 6.07) is 2.32. The fourth-order valence-corrected chi connectivity index (χ4v) is 5.16. The number of ketones is 1. The number of methoxy groups -OCH3 is 1. The quantitative estimate of drug-likeness (QED) is 0.353. The van der Waals surface area contributed by atoms with E-state index in [1.54, 1.807) is 17.0 Å². The molecular formula is C27H34N2O8. The van der Waals surface area contributed by atoms with Gasteiger partial charge < -0.3 is 34.7 Å². The van der Waals surface area contributed by atoms with Gasteiger partial charge in [0.1, 0.15) is 24.3 Å². The summed E-state index contributed by atoms with van der Waals surface area (Å²) in [4.78, 5) is 51.2. The summed E-state index contributed by atoms with van der Waals surface area (Å²) in [6.45, 7) is 1.70. The van der Waals surface area contributed by atoms with E-state index in [2.05, 4.69) is 5.32 Å². The monoisotopic (exact) mass is 514 g/mol. The van der Waals surface area contributed by atoms with Gasteiger partial charge in [-0.3, -0.25) is 14.4 Å². The van der Waals surface area contributed by atoms with Crippen LogP contribution in [0.15, 0.2) is 23.8 Å². The van der Waals surface area contributed by atoms with Crippen LogP contribution in [0.5, 0.6) is 11.5 Å². The van der Waals surface area contributed by atoms with E-state index >= 15 is 0 Å². The SMILES string of the molecule is COc1cc(C=O)cc2c1OC1C2C(C(=O)NCCO)=CC(N(CC2CC2)C(=O)CCCC(C)=O)C1O. The molecule has 3 N–H and O–H groups in total. The maximum Gasteiger partial charge on any atom is 0.247 e. The van der Waals surface area contributed by atoms with Gasteiger partial charge in [0.25, 0.3) is 0 Å². The molecule has 1 aromatic rings. The first-order chi connectivity index (χ1) is 17.8. The summed E-state index contributed by atoms with van der Waals surface area (Å²) in [6.07, 6.45) is 3.04. The van der Waals surface area contributed by atoms with Crippen molar-refractivity contribution in [3.05, 3.63) is 34.9 Å². The van der Waals surface area contributed by atoms with Crippen molar-refractivity contribution in [2.75, 3.05) is 26.8 Å². The maximum atomic E-state index is 13.3. The van der Waals surface area contributed by atoms with Crippen molar-refractivity contribution < 1.29 is 38.9 Å². The van der Waals surface area contributed by atoms with Crippen LogP contribution in [0.25, 0.3) is 0 Å². The van der Waals surface area contributed by atoms with Crippen molar-refractivity contribution in [2.45, 2.75) is 63.2 Å². The molecule has 0 spiro atoms. The van der Waals surface area contributed by atoms with E-state index in [9.17, 15) is 29.4 Å². The molecule has 1 aromatic carbocycles. The van der Waals surface area contributed by atoms with Crippen molar-refractivity contribution >= 4 is 23.9 Å². The van der Waals surface area contributed by atoms with E-state index in [1.807, 2.05) is 0 Å². The van der Waals surface area contributed by atoms with Gasteiger partial charge in [-0.15, -0.1) is 0 Å². The van der Waals surface area contributed by atoms with E-state index in [0.717, 1.165) is 12.8 Å². The molecule has 4 rings (SSSR count). The molecule has 1 fully saturated rings. The number of carbonyl (C=O) groups excluding carboxylic acids is 4. The van der Waals surface area contributed by atoms with Crippen LogP contribution >= 0.6 is 0 Å². The van der Waals surface area contributed by atoms with Crippen LogP contribution in [-0.2, 0) is 14.4 Å². The molecule has 200 valence electrons. The number of carbonyl (C=O) groups is 4. The molecule has 3 aliphatic rings. The number of aliphatic hydroxyl groups is 2. The van der Waals surface area contributed by atoms with Gasteiger partial charge in [-0.2, -0.15) is 0 Å². The zero-order chi connectivity index (χ0) is 26.7. The Hall–Kier alpha value is -3.24. The molecule has 0 aromatic heterocycles. The Morgan fingerprint density at radius 3 is 2.62 bits per heavy atom. The molecule has 1 saturated carbocycles. The molecule has 4 unspecified atom stereocenters. The second-order valence-electron chi connectivity index (χ2n) is 9.95. The topological polar surface area (TPSA) is 142 Å². The van der Waals surface area contributed by atoms with Crippen molar-refractivity contribution in [1.29, 1.82) is 0 Å². The Balaban J connectivity index is 1.73. The molecule has 1 aliphatic heterocycles. The normalized spacial score (nSPS) is 23.7. The summed E-state index contributed by atoms with van der Waals surface area (Å²) < 4.78 is 11.6. The summed E-state index contributed by atoms with van der Waals surface area (Å²) >= 11 is 0. The van der Waals surface area contributed by atoms with E-state index in [-0.39, 0.29) is 36.8 Å². The minimum Gasteiger partial charge on any atom is -0.493 e. The number of nitrogens with one attached hydrogen (secondary N) is 1. The Kier molecular flexibility index (Phi) is 8.29. The zero-order valence-electron chi connectivity index (χ0n) is 21.1. The summed E-state index contributed by atoms with van der Waals surface area (Å²) in [5, 5.41) is 23.5. The Morgan fingerprint density at radius 2 is 2.00 bits per heavy atom. The molecule has 10 heteroatoms. The number of rotatable bonds is 12. The number of amides is 2. The number of nitrogens with zero attached hydrogens (tertiary/aromatic N) is 1. The van der Waals surface area contributed by atoms with Gasteiger partial charge in [0.15, 0.2) is 11.5 Å². The van der Waals surface area contributed by atoms with Gasteiger partial charge in [0.2, 0.25) is 11.8 Å². The molecule has 4 atom stereocenters. The van der Waals surface area contributed by atoms with Crippen molar-refractivity contribution in [2.24, 2.45) is 5.92 Å². The van der Waals surface area contributed by atoms with Crippen LogP contribution in [0.2, 0.25) is 0 Å². The van der Waals surface area contributed by atoms with Crippen LogP contribution < -0.4 is 14.8 Å². The molecule has 2 amide bonds. The lowest BCUT2D eigenvalue weighted by molar-refractivity contribution is -0.137. The molecule has 0 bridgehead atoms. The molecule has 0 radical (unpaired) electrons. The Morgan fingerprint density at radius 1 is 1.24 bits per heavy atom. The highest BCUT2D eigenvalue weighted by Crippen LogP contribution is 2.51. The lowest BCUT2D eigenvalue weighted by atomic mass is 9.77. The van der Waals surface area contributed by atoms with Crippen LogP contribution in [0.3, 0.4) is 0 Å². The standard InChI is InChI=1S/C27H34N2O8/c1-15(32)4-3-5-22(33)29(13-16-6-7-16)20-12-19(27(35)28-8-9-30)23-18-10-17(14-31)11-21(36-2)25(18)37-26(23)24(20)34/h10-12,14,16,20,23-24,26,30,34H,3-9,13H2,1-2H3,(H,28,35). The second kappa shape index (κ2) is 11.4. The first-order valence-corrected chi connectivity index (χ1v) is 12.7. The first kappa shape index (κ1) is 26.8. The average Bonchev–Trinajstić information content (AvgIpc) is 3.62. The third-order valence-electron chi connectivity index (χ3n) is 7.16. The number of benzene rings is 1. The van der Waals surface area contributed by atoms with Gasteiger partial charge in [0.05, 0.1) is 25.7 Å². The van der Waals surface area contributed by atoms with Crippen molar-refractivity contribution in [3.8, 4) is 11.5 Å². The maximum absolute atomic E-state index is 13.3. The van der Waals surface area contributed by atoms with Crippen LogP contribution in [0.4, 0.5) is 0 Å². The van der Waals surface area contributed by atoms with Gasteiger partial charge in [0, 0.05) is 42.6 Å². The highest BCUT2D eigenvalue weighted by atomic mass is 16.5. The van der Waals surface area contributed by atoms with Crippen LogP contribution in [0.1, 0.15) is 60.9 Å². The number of hydrogen-bond donors (Lipinski definition) is 3. The van der Waals surface area contributed by atoms with Gasteiger partial charge in [-0.05, 0) is 50.3 Å². The fraction of sp³-hybridized carbons (Fsp3) is 0.556. The predicted octanol–water partition coefficient (Wildman–Crippen LogP) is 1.13. The van der Waals surface area contributed by atoms with Gasteiger partial charge in [-0.1, -0.05) is 0 Å². The molecular weight excluding hydrogens is 480 g/mol. The summed E-state index contributed by atoms with van der Waals surface area (Å²) in [7, 11) is 1.44. The van der Waals surface area contributed by atoms with Crippen LogP contribution in [0, 0.1) is 5.92 Å². The number of ether oxygens (including phenoxy) is 2. The van der Waals surface area contributed by atoms with E-state index in [4.69, 9.17) is 9.47 Å². The number of aldehydes is 1. The van der Waals surface area contributed by atoms with E-state index in [1.165, 1.54) is 20.1 Å². The minimum absolute atomic E-state index is 0.00517. The largest absolute Gasteiger partial charge is 0.493 e. The molecule has 1 heterocycles. The van der Waals surface area contributed by atoms with Crippen molar-refractivity contribution in [1.82, 2.24) is 10.2 Å². The molecule has 0 saturated heterocycles. The highest BCUT2D eigenvalue weighted by Gasteiger charge is 2.51. The van der Waals surface area contributed by atoms with Gasteiger partial charge >= 0.3 is 0 Å². The number of aliphatic hydroxyl groups excluding tert-OH is 2. The van der Waals surface area contributed by atoms with E-state index < -0.39 is 30.1 Å².